The summed E-state index contributed by atoms with van der Waals surface area (Å²) >= 11 is 6.25. The Kier molecular flexibility index (Phi) is 3.69. The first kappa shape index (κ1) is 12.7. The first-order valence-corrected chi connectivity index (χ1v) is 6.28. The molecule has 0 bridgehead atoms. The zero-order chi connectivity index (χ0) is 13.1. The molecule has 2 rings (SSSR count). The number of aromatic nitrogens is 1. The maximum Gasteiger partial charge on any atom is 0.103 e. The van der Waals surface area contributed by atoms with Crippen LogP contribution in [0.5, 0.6) is 0 Å². The standard InChI is InChI=1S/C14H14ClN3/c1-3-6-17-14-10(7-16)8-18-13-9(2)4-5-11(15)12(13)14/h4-5,8H,3,6H2,1-2H3,(H,17,18). The fraction of sp³-hybridized carbons (Fsp3) is 0.286. The summed E-state index contributed by atoms with van der Waals surface area (Å²) < 4.78 is 0. The summed E-state index contributed by atoms with van der Waals surface area (Å²) in [5, 5.41) is 13.9. The summed E-state index contributed by atoms with van der Waals surface area (Å²) in [4.78, 5) is 4.33. The maximum atomic E-state index is 9.16. The van der Waals surface area contributed by atoms with Gasteiger partial charge in [-0.1, -0.05) is 24.6 Å². The van der Waals surface area contributed by atoms with Gasteiger partial charge < -0.3 is 5.32 Å². The maximum absolute atomic E-state index is 9.16. The minimum absolute atomic E-state index is 0.531. The van der Waals surface area contributed by atoms with E-state index in [0.717, 1.165) is 35.1 Å². The zero-order valence-corrected chi connectivity index (χ0v) is 11.2. The van der Waals surface area contributed by atoms with Crippen LogP contribution in [-0.4, -0.2) is 11.5 Å². The largest absolute Gasteiger partial charge is 0.383 e. The lowest BCUT2D eigenvalue weighted by atomic mass is 10.1. The van der Waals surface area contributed by atoms with Crippen LogP contribution in [-0.2, 0) is 0 Å². The predicted octanol–water partition coefficient (Wildman–Crippen LogP) is 3.89. The van der Waals surface area contributed by atoms with E-state index in [2.05, 4.69) is 23.3 Å². The van der Waals surface area contributed by atoms with Crippen LogP contribution in [0.1, 0.15) is 24.5 Å². The van der Waals surface area contributed by atoms with Crippen LogP contribution < -0.4 is 5.32 Å². The lowest BCUT2D eigenvalue weighted by Crippen LogP contribution is -2.04. The molecule has 1 aromatic heterocycles. The highest BCUT2D eigenvalue weighted by molar-refractivity contribution is 6.36. The number of nitrogens with one attached hydrogen (secondary N) is 1. The number of anilines is 1. The molecule has 1 heterocycles. The van der Waals surface area contributed by atoms with Gasteiger partial charge in [-0.15, -0.1) is 0 Å². The van der Waals surface area contributed by atoms with Crippen molar-refractivity contribution in [1.29, 1.82) is 5.26 Å². The Labute approximate surface area is 111 Å². The van der Waals surface area contributed by atoms with Gasteiger partial charge in [0.15, 0.2) is 0 Å². The Bertz CT molecular complexity index is 629. The van der Waals surface area contributed by atoms with Crippen LogP contribution in [0.15, 0.2) is 18.3 Å². The summed E-state index contributed by atoms with van der Waals surface area (Å²) in [5.74, 6) is 0. The molecular weight excluding hydrogens is 246 g/mol. The monoisotopic (exact) mass is 259 g/mol. The molecule has 0 fully saturated rings. The van der Waals surface area contributed by atoms with Crippen LogP contribution in [0.3, 0.4) is 0 Å². The number of nitriles is 1. The molecule has 1 N–H and O–H groups in total. The average molecular weight is 260 g/mol. The molecule has 0 aliphatic rings. The number of nitrogens with zero attached hydrogens (tertiary/aromatic N) is 2. The van der Waals surface area contributed by atoms with Gasteiger partial charge in [0.05, 0.1) is 21.8 Å². The normalized spacial score (nSPS) is 10.3. The molecule has 92 valence electrons. The average Bonchev–Trinajstić information content (AvgIpc) is 2.39. The summed E-state index contributed by atoms with van der Waals surface area (Å²) in [5.41, 5.74) is 3.22. The molecule has 0 saturated carbocycles. The molecule has 0 amide bonds. The van der Waals surface area contributed by atoms with E-state index >= 15 is 0 Å². The minimum Gasteiger partial charge on any atom is -0.383 e. The third kappa shape index (κ3) is 2.12. The first-order valence-electron chi connectivity index (χ1n) is 5.90. The fourth-order valence-corrected chi connectivity index (χ4v) is 2.17. The van der Waals surface area contributed by atoms with Crippen molar-refractivity contribution in [3.05, 3.63) is 34.5 Å². The molecule has 0 spiro atoms. The van der Waals surface area contributed by atoms with E-state index in [1.807, 2.05) is 19.1 Å². The Morgan fingerprint density at radius 3 is 2.89 bits per heavy atom. The highest BCUT2D eigenvalue weighted by Gasteiger charge is 2.12. The highest BCUT2D eigenvalue weighted by atomic mass is 35.5. The van der Waals surface area contributed by atoms with Gasteiger partial charge in [-0.2, -0.15) is 5.26 Å². The quantitative estimate of drug-likeness (QED) is 0.910. The molecule has 0 aliphatic carbocycles. The summed E-state index contributed by atoms with van der Waals surface area (Å²) in [7, 11) is 0. The topological polar surface area (TPSA) is 48.7 Å². The van der Waals surface area contributed by atoms with Crippen LogP contribution >= 0.6 is 11.6 Å². The summed E-state index contributed by atoms with van der Waals surface area (Å²) in [6.07, 6.45) is 2.59. The third-order valence-corrected chi connectivity index (χ3v) is 3.16. The molecule has 2 aromatic rings. The van der Waals surface area contributed by atoms with Crippen LogP contribution in [0, 0.1) is 18.3 Å². The van der Waals surface area contributed by atoms with Crippen molar-refractivity contribution in [3.63, 3.8) is 0 Å². The van der Waals surface area contributed by atoms with E-state index in [1.54, 1.807) is 6.20 Å². The second kappa shape index (κ2) is 5.24. The van der Waals surface area contributed by atoms with E-state index in [4.69, 9.17) is 16.9 Å². The molecule has 0 atom stereocenters. The number of halogens is 1. The van der Waals surface area contributed by atoms with E-state index in [1.165, 1.54) is 0 Å². The smallest absolute Gasteiger partial charge is 0.103 e. The Morgan fingerprint density at radius 2 is 2.22 bits per heavy atom. The lowest BCUT2D eigenvalue weighted by Gasteiger charge is -2.12. The van der Waals surface area contributed by atoms with Gasteiger partial charge in [0.2, 0.25) is 0 Å². The van der Waals surface area contributed by atoms with Crippen molar-refractivity contribution in [2.45, 2.75) is 20.3 Å². The molecule has 18 heavy (non-hydrogen) atoms. The Hall–Kier alpha value is -1.79. The van der Waals surface area contributed by atoms with Crippen molar-refractivity contribution in [2.24, 2.45) is 0 Å². The van der Waals surface area contributed by atoms with Gasteiger partial charge in [-0.3, -0.25) is 4.98 Å². The van der Waals surface area contributed by atoms with E-state index in [0.29, 0.717) is 10.6 Å². The second-order valence-electron chi connectivity index (χ2n) is 4.17. The van der Waals surface area contributed by atoms with Crippen molar-refractivity contribution < 1.29 is 0 Å². The number of aryl methyl sites for hydroxylation is 1. The minimum atomic E-state index is 0.531. The second-order valence-corrected chi connectivity index (χ2v) is 4.58. The molecule has 4 heteroatoms. The highest BCUT2D eigenvalue weighted by Crippen LogP contribution is 2.33. The first-order chi connectivity index (χ1) is 8.69. The molecule has 1 aromatic carbocycles. The van der Waals surface area contributed by atoms with Crippen molar-refractivity contribution in [1.82, 2.24) is 4.98 Å². The van der Waals surface area contributed by atoms with Gasteiger partial charge in [-0.05, 0) is 25.0 Å². The number of hydrogen-bond donors (Lipinski definition) is 1. The fourth-order valence-electron chi connectivity index (χ4n) is 1.92. The molecule has 0 radical (unpaired) electrons. The summed E-state index contributed by atoms with van der Waals surface area (Å²) in [6, 6.07) is 5.94. The number of fused-ring (bicyclic) bond motifs is 1. The van der Waals surface area contributed by atoms with E-state index in [-0.39, 0.29) is 0 Å². The number of benzene rings is 1. The molecule has 0 aliphatic heterocycles. The molecule has 0 unspecified atom stereocenters. The van der Waals surface area contributed by atoms with Crippen molar-refractivity contribution in [3.8, 4) is 6.07 Å². The van der Waals surface area contributed by atoms with E-state index < -0.39 is 0 Å². The molecular formula is C14H14ClN3. The number of hydrogen-bond acceptors (Lipinski definition) is 3. The van der Waals surface area contributed by atoms with Gasteiger partial charge in [0.1, 0.15) is 6.07 Å². The number of rotatable bonds is 3. The third-order valence-electron chi connectivity index (χ3n) is 2.84. The SMILES string of the molecule is CCCNc1c(C#N)cnc2c(C)ccc(Cl)c12. The van der Waals surface area contributed by atoms with Crippen molar-refractivity contribution in [2.75, 3.05) is 11.9 Å². The van der Waals surface area contributed by atoms with Gasteiger partial charge >= 0.3 is 0 Å². The summed E-state index contributed by atoms with van der Waals surface area (Å²) in [6.45, 7) is 4.87. The predicted molar refractivity (Wildman–Crippen MR) is 75.0 cm³/mol. The zero-order valence-electron chi connectivity index (χ0n) is 10.4. The number of pyridine rings is 1. The van der Waals surface area contributed by atoms with Crippen LogP contribution in [0.25, 0.3) is 10.9 Å². The van der Waals surface area contributed by atoms with Gasteiger partial charge in [0.25, 0.3) is 0 Å². The molecule has 3 nitrogen and oxygen atoms in total. The van der Waals surface area contributed by atoms with E-state index in [9.17, 15) is 0 Å². The Balaban J connectivity index is 2.76. The molecule has 0 saturated heterocycles. The van der Waals surface area contributed by atoms with Crippen LogP contribution in [0.2, 0.25) is 5.02 Å². The van der Waals surface area contributed by atoms with Gasteiger partial charge in [0, 0.05) is 18.1 Å². The Morgan fingerprint density at radius 1 is 1.44 bits per heavy atom. The lowest BCUT2D eigenvalue weighted by molar-refractivity contribution is 0.980. The van der Waals surface area contributed by atoms with Crippen molar-refractivity contribution >= 4 is 28.2 Å². The van der Waals surface area contributed by atoms with Crippen LogP contribution in [0.4, 0.5) is 5.69 Å². The van der Waals surface area contributed by atoms with Gasteiger partial charge in [-0.25, -0.2) is 0 Å².